The SMILES string of the molecule is C1=Cc2ccccc2C(NC2CC2)c2ccccc21. The molecule has 1 heteroatoms. The lowest BCUT2D eigenvalue weighted by Crippen LogP contribution is -2.25. The molecule has 2 aromatic carbocycles. The van der Waals surface area contributed by atoms with E-state index in [0.29, 0.717) is 12.1 Å². The van der Waals surface area contributed by atoms with Crippen LogP contribution >= 0.6 is 0 Å². The Morgan fingerprint density at radius 3 is 1.79 bits per heavy atom. The summed E-state index contributed by atoms with van der Waals surface area (Å²) in [6.45, 7) is 0. The normalized spacial score (nSPS) is 17.7. The van der Waals surface area contributed by atoms with Crippen LogP contribution in [0, 0.1) is 0 Å². The van der Waals surface area contributed by atoms with Gasteiger partial charge in [0.05, 0.1) is 6.04 Å². The van der Waals surface area contributed by atoms with Crippen LogP contribution in [0.1, 0.15) is 41.1 Å². The highest BCUT2D eigenvalue weighted by molar-refractivity contribution is 5.76. The summed E-state index contributed by atoms with van der Waals surface area (Å²) in [6.07, 6.45) is 7.11. The maximum absolute atomic E-state index is 3.81. The Morgan fingerprint density at radius 2 is 1.26 bits per heavy atom. The van der Waals surface area contributed by atoms with Gasteiger partial charge in [0.2, 0.25) is 0 Å². The Bertz CT molecular complexity index is 588. The van der Waals surface area contributed by atoms with E-state index in [1.54, 1.807) is 0 Å². The van der Waals surface area contributed by atoms with E-state index < -0.39 is 0 Å². The molecule has 2 aromatic rings. The molecule has 2 aliphatic carbocycles. The van der Waals surface area contributed by atoms with Crippen molar-refractivity contribution in [2.45, 2.75) is 24.9 Å². The number of hydrogen-bond donors (Lipinski definition) is 1. The second-order valence-electron chi connectivity index (χ2n) is 5.47. The van der Waals surface area contributed by atoms with Crippen molar-refractivity contribution in [3.8, 4) is 0 Å². The number of rotatable bonds is 2. The lowest BCUT2D eigenvalue weighted by molar-refractivity contribution is 0.600. The molecule has 0 heterocycles. The van der Waals surface area contributed by atoms with E-state index in [2.05, 4.69) is 66.0 Å². The van der Waals surface area contributed by atoms with E-state index in [1.807, 2.05) is 0 Å². The Balaban J connectivity index is 1.88. The Morgan fingerprint density at radius 1 is 0.737 bits per heavy atom. The molecule has 2 aliphatic rings. The van der Waals surface area contributed by atoms with Crippen LogP contribution in [0.25, 0.3) is 12.2 Å². The summed E-state index contributed by atoms with van der Waals surface area (Å²) >= 11 is 0. The molecule has 19 heavy (non-hydrogen) atoms. The van der Waals surface area contributed by atoms with E-state index in [4.69, 9.17) is 0 Å². The number of fused-ring (bicyclic) bond motifs is 2. The lowest BCUT2D eigenvalue weighted by atomic mass is 9.94. The van der Waals surface area contributed by atoms with Gasteiger partial charge < -0.3 is 5.32 Å². The van der Waals surface area contributed by atoms with Crippen LogP contribution < -0.4 is 5.32 Å². The molecule has 1 fully saturated rings. The highest BCUT2D eigenvalue weighted by atomic mass is 15.0. The zero-order valence-corrected chi connectivity index (χ0v) is 10.8. The van der Waals surface area contributed by atoms with Gasteiger partial charge >= 0.3 is 0 Å². The van der Waals surface area contributed by atoms with Gasteiger partial charge in [-0.25, -0.2) is 0 Å². The van der Waals surface area contributed by atoms with Crippen LogP contribution in [0.3, 0.4) is 0 Å². The van der Waals surface area contributed by atoms with Crippen molar-refractivity contribution in [2.24, 2.45) is 0 Å². The maximum Gasteiger partial charge on any atom is 0.0590 e. The first-order valence-electron chi connectivity index (χ1n) is 7.04. The molecule has 0 atom stereocenters. The molecule has 0 unspecified atom stereocenters. The predicted octanol–water partition coefficient (Wildman–Crippen LogP) is 4.01. The van der Waals surface area contributed by atoms with Crippen LogP contribution in [-0.4, -0.2) is 6.04 Å². The van der Waals surface area contributed by atoms with Crippen molar-refractivity contribution in [2.75, 3.05) is 0 Å². The monoisotopic (exact) mass is 247 g/mol. The first kappa shape index (κ1) is 11.0. The molecule has 0 radical (unpaired) electrons. The predicted molar refractivity (Wildman–Crippen MR) is 79.8 cm³/mol. The molecule has 94 valence electrons. The molecule has 1 nitrogen and oxygen atoms in total. The van der Waals surface area contributed by atoms with Crippen LogP contribution in [0.15, 0.2) is 48.5 Å². The Kier molecular flexibility index (Phi) is 2.52. The van der Waals surface area contributed by atoms with Crippen LogP contribution in [0.2, 0.25) is 0 Å². The molecule has 0 bridgehead atoms. The number of benzene rings is 2. The molecule has 0 amide bonds. The highest BCUT2D eigenvalue weighted by Crippen LogP contribution is 2.35. The van der Waals surface area contributed by atoms with Gasteiger partial charge in [-0.05, 0) is 35.1 Å². The summed E-state index contributed by atoms with van der Waals surface area (Å²) in [4.78, 5) is 0. The fraction of sp³-hybridized carbons (Fsp3) is 0.222. The molecular weight excluding hydrogens is 230 g/mol. The van der Waals surface area contributed by atoms with Crippen molar-refractivity contribution in [1.29, 1.82) is 0 Å². The summed E-state index contributed by atoms with van der Waals surface area (Å²) in [5, 5.41) is 3.81. The van der Waals surface area contributed by atoms with Gasteiger partial charge in [0.25, 0.3) is 0 Å². The van der Waals surface area contributed by atoms with Gasteiger partial charge in [0.1, 0.15) is 0 Å². The van der Waals surface area contributed by atoms with E-state index in [1.165, 1.54) is 35.1 Å². The topological polar surface area (TPSA) is 12.0 Å². The van der Waals surface area contributed by atoms with Crippen molar-refractivity contribution in [3.63, 3.8) is 0 Å². The molecule has 1 saturated carbocycles. The van der Waals surface area contributed by atoms with Crippen molar-refractivity contribution >= 4 is 12.2 Å². The van der Waals surface area contributed by atoms with E-state index in [9.17, 15) is 0 Å². The summed E-state index contributed by atoms with van der Waals surface area (Å²) < 4.78 is 0. The van der Waals surface area contributed by atoms with E-state index >= 15 is 0 Å². The second kappa shape index (κ2) is 4.36. The quantitative estimate of drug-likeness (QED) is 0.845. The van der Waals surface area contributed by atoms with E-state index in [0.717, 1.165) is 0 Å². The molecule has 4 rings (SSSR count). The molecule has 0 saturated heterocycles. The molecule has 1 N–H and O–H groups in total. The van der Waals surface area contributed by atoms with Gasteiger partial charge in [0, 0.05) is 6.04 Å². The van der Waals surface area contributed by atoms with Crippen LogP contribution in [0.5, 0.6) is 0 Å². The summed E-state index contributed by atoms with van der Waals surface area (Å²) in [7, 11) is 0. The van der Waals surface area contributed by atoms with Gasteiger partial charge in [-0.3, -0.25) is 0 Å². The zero-order chi connectivity index (χ0) is 12.7. The Hall–Kier alpha value is -1.86. The lowest BCUT2D eigenvalue weighted by Gasteiger charge is -2.21. The largest absolute Gasteiger partial charge is 0.303 e. The fourth-order valence-electron chi connectivity index (χ4n) is 2.86. The zero-order valence-electron chi connectivity index (χ0n) is 10.8. The third-order valence-electron chi connectivity index (χ3n) is 4.04. The van der Waals surface area contributed by atoms with Crippen LogP contribution in [-0.2, 0) is 0 Å². The van der Waals surface area contributed by atoms with Crippen molar-refractivity contribution in [3.05, 3.63) is 70.8 Å². The first-order chi connectivity index (χ1) is 9.42. The van der Waals surface area contributed by atoms with Crippen molar-refractivity contribution in [1.82, 2.24) is 5.32 Å². The maximum atomic E-state index is 3.81. The van der Waals surface area contributed by atoms with E-state index in [-0.39, 0.29) is 0 Å². The minimum atomic E-state index is 0.329. The minimum Gasteiger partial charge on any atom is -0.303 e. The molecular formula is C18H17N. The third-order valence-corrected chi connectivity index (χ3v) is 4.04. The smallest absolute Gasteiger partial charge is 0.0590 e. The summed E-state index contributed by atoms with van der Waals surface area (Å²) in [5.74, 6) is 0. The Labute approximate surface area is 114 Å². The van der Waals surface area contributed by atoms with Crippen molar-refractivity contribution < 1.29 is 0 Å². The number of hydrogen-bond acceptors (Lipinski definition) is 1. The van der Waals surface area contributed by atoms with Gasteiger partial charge in [-0.15, -0.1) is 0 Å². The third kappa shape index (κ3) is 2.00. The average molecular weight is 247 g/mol. The van der Waals surface area contributed by atoms with Crippen LogP contribution in [0.4, 0.5) is 0 Å². The second-order valence-corrected chi connectivity index (χ2v) is 5.47. The van der Waals surface area contributed by atoms with Gasteiger partial charge in [-0.1, -0.05) is 60.7 Å². The first-order valence-corrected chi connectivity index (χ1v) is 7.04. The molecule has 0 aromatic heterocycles. The van der Waals surface area contributed by atoms with Gasteiger partial charge in [0.15, 0.2) is 0 Å². The fourth-order valence-corrected chi connectivity index (χ4v) is 2.86. The minimum absolute atomic E-state index is 0.329. The average Bonchev–Trinajstić information content (AvgIpc) is 3.28. The standard InChI is InChI=1S/C18H17N/c1-3-7-16-13(5-1)9-10-14-6-2-4-8-17(14)18(16)19-15-11-12-15/h1-10,15,18-19H,11-12H2. The molecule has 0 spiro atoms. The highest BCUT2D eigenvalue weighted by Gasteiger charge is 2.28. The summed E-state index contributed by atoms with van der Waals surface area (Å²) in [5.41, 5.74) is 5.46. The molecule has 0 aliphatic heterocycles. The summed E-state index contributed by atoms with van der Waals surface area (Å²) in [6, 6.07) is 18.5. The number of nitrogens with one attached hydrogen (secondary N) is 1. The van der Waals surface area contributed by atoms with Gasteiger partial charge in [-0.2, -0.15) is 0 Å².